The second kappa shape index (κ2) is 3.64. The Morgan fingerprint density at radius 1 is 1.07 bits per heavy atom. The molecule has 1 aromatic carbocycles. The number of anilines is 1. The van der Waals surface area contributed by atoms with Crippen LogP contribution in [0.25, 0.3) is 11.1 Å². The molecule has 2 rings (SSSR count). The summed E-state index contributed by atoms with van der Waals surface area (Å²) in [6.07, 6.45) is 1.66. The predicted octanol–water partition coefficient (Wildman–Crippen LogP) is 2.38. The Morgan fingerprint density at radius 3 is 2.43 bits per heavy atom. The third-order valence-corrected chi connectivity index (χ3v) is 2.05. The summed E-state index contributed by atoms with van der Waals surface area (Å²) in [6.45, 7) is 0. The van der Waals surface area contributed by atoms with Gasteiger partial charge in [0.25, 0.3) is 0 Å². The van der Waals surface area contributed by atoms with Gasteiger partial charge in [0.05, 0.1) is 6.20 Å². The molecule has 0 aliphatic heterocycles. The highest BCUT2D eigenvalue weighted by molar-refractivity contribution is 6.29. The third-order valence-electron chi connectivity index (χ3n) is 1.87. The molecule has 0 bridgehead atoms. The molecule has 1 aromatic heterocycles. The van der Waals surface area contributed by atoms with E-state index in [2.05, 4.69) is 10.2 Å². The van der Waals surface area contributed by atoms with E-state index >= 15 is 0 Å². The Balaban J connectivity index is 2.44. The molecule has 0 unspecified atom stereocenters. The Kier molecular flexibility index (Phi) is 2.33. The van der Waals surface area contributed by atoms with Crippen molar-refractivity contribution in [1.82, 2.24) is 10.2 Å². The number of nitrogen functional groups attached to an aromatic ring is 1. The van der Waals surface area contributed by atoms with Gasteiger partial charge in [-0.1, -0.05) is 23.7 Å². The van der Waals surface area contributed by atoms with E-state index < -0.39 is 0 Å². The van der Waals surface area contributed by atoms with Gasteiger partial charge < -0.3 is 5.73 Å². The fourth-order valence-corrected chi connectivity index (χ4v) is 1.34. The average molecular weight is 206 g/mol. The average Bonchev–Trinajstić information content (AvgIpc) is 2.19. The quantitative estimate of drug-likeness (QED) is 0.728. The molecule has 0 spiro atoms. The first kappa shape index (κ1) is 8.97. The van der Waals surface area contributed by atoms with Crippen molar-refractivity contribution in [1.29, 1.82) is 0 Å². The van der Waals surface area contributed by atoms with Crippen LogP contribution >= 0.6 is 11.6 Å². The Bertz CT molecular complexity index is 439. The summed E-state index contributed by atoms with van der Waals surface area (Å²) >= 11 is 5.73. The van der Waals surface area contributed by atoms with Crippen LogP contribution in [-0.4, -0.2) is 10.2 Å². The van der Waals surface area contributed by atoms with Crippen molar-refractivity contribution in [3.8, 4) is 11.1 Å². The van der Waals surface area contributed by atoms with Crippen molar-refractivity contribution in [2.75, 3.05) is 5.73 Å². The van der Waals surface area contributed by atoms with Crippen molar-refractivity contribution >= 4 is 17.3 Å². The van der Waals surface area contributed by atoms with Crippen LogP contribution in [0.1, 0.15) is 0 Å². The lowest BCUT2D eigenvalue weighted by Crippen LogP contribution is -1.86. The lowest BCUT2D eigenvalue weighted by atomic mass is 10.1. The molecule has 14 heavy (non-hydrogen) atoms. The lowest BCUT2D eigenvalue weighted by molar-refractivity contribution is 1.03. The molecule has 0 amide bonds. The van der Waals surface area contributed by atoms with Gasteiger partial charge in [-0.25, -0.2) is 0 Å². The van der Waals surface area contributed by atoms with E-state index in [1.165, 1.54) is 0 Å². The smallest absolute Gasteiger partial charge is 0.152 e. The largest absolute Gasteiger partial charge is 0.399 e. The number of benzene rings is 1. The maximum atomic E-state index is 5.73. The fraction of sp³-hybridized carbons (Fsp3) is 0. The van der Waals surface area contributed by atoms with Gasteiger partial charge in [0.1, 0.15) is 0 Å². The molecular formula is C10H8ClN3. The van der Waals surface area contributed by atoms with Crippen LogP contribution in [0.4, 0.5) is 5.69 Å². The summed E-state index contributed by atoms with van der Waals surface area (Å²) in [5, 5.41) is 7.83. The summed E-state index contributed by atoms with van der Waals surface area (Å²) in [6, 6.07) is 9.28. The van der Waals surface area contributed by atoms with Crippen LogP contribution in [0.15, 0.2) is 36.5 Å². The SMILES string of the molecule is Nc1ccc(-c2cnnc(Cl)c2)cc1. The molecule has 0 saturated heterocycles. The molecule has 1 heterocycles. The number of aromatic nitrogens is 2. The lowest BCUT2D eigenvalue weighted by Gasteiger charge is -2.00. The zero-order chi connectivity index (χ0) is 9.97. The van der Waals surface area contributed by atoms with E-state index in [0.29, 0.717) is 5.15 Å². The van der Waals surface area contributed by atoms with Crippen LogP contribution in [0.2, 0.25) is 5.15 Å². The second-order valence-electron chi connectivity index (χ2n) is 2.89. The zero-order valence-electron chi connectivity index (χ0n) is 7.31. The van der Waals surface area contributed by atoms with Gasteiger partial charge in [0.15, 0.2) is 5.15 Å². The maximum absolute atomic E-state index is 5.73. The summed E-state index contributed by atoms with van der Waals surface area (Å²) in [4.78, 5) is 0. The highest BCUT2D eigenvalue weighted by atomic mass is 35.5. The van der Waals surface area contributed by atoms with E-state index in [0.717, 1.165) is 16.8 Å². The number of halogens is 1. The molecule has 3 nitrogen and oxygen atoms in total. The molecular weight excluding hydrogens is 198 g/mol. The van der Waals surface area contributed by atoms with E-state index in [4.69, 9.17) is 17.3 Å². The molecule has 2 N–H and O–H groups in total. The van der Waals surface area contributed by atoms with Gasteiger partial charge in [0.2, 0.25) is 0 Å². The van der Waals surface area contributed by atoms with Gasteiger partial charge in [0, 0.05) is 11.3 Å². The molecule has 70 valence electrons. The summed E-state index contributed by atoms with van der Waals surface area (Å²) < 4.78 is 0. The van der Waals surface area contributed by atoms with Crippen LogP contribution in [0.5, 0.6) is 0 Å². The highest BCUT2D eigenvalue weighted by Gasteiger charge is 1.99. The Labute approximate surface area is 86.5 Å². The molecule has 0 atom stereocenters. The van der Waals surface area contributed by atoms with E-state index in [-0.39, 0.29) is 0 Å². The number of hydrogen-bond acceptors (Lipinski definition) is 3. The molecule has 2 aromatic rings. The topological polar surface area (TPSA) is 51.8 Å². The Morgan fingerprint density at radius 2 is 1.79 bits per heavy atom. The zero-order valence-corrected chi connectivity index (χ0v) is 8.07. The number of hydrogen-bond donors (Lipinski definition) is 1. The maximum Gasteiger partial charge on any atom is 0.152 e. The van der Waals surface area contributed by atoms with Crippen LogP contribution in [0, 0.1) is 0 Å². The first-order valence-corrected chi connectivity index (χ1v) is 4.47. The van der Waals surface area contributed by atoms with Gasteiger partial charge in [-0.3, -0.25) is 0 Å². The van der Waals surface area contributed by atoms with Crippen LogP contribution in [-0.2, 0) is 0 Å². The Hall–Kier alpha value is -1.61. The van der Waals surface area contributed by atoms with Crippen molar-refractivity contribution in [3.63, 3.8) is 0 Å². The monoisotopic (exact) mass is 205 g/mol. The summed E-state index contributed by atoms with van der Waals surface area (Å²) in [5.74, 6) is 0. The minimum atomic E-state index is 0.388. The summed E-state index contributed by atoms with van der Waals surface area (Å²) in [7, 11) is 0. The van der Waals surface area contributed by atoms with Gasteiger partial charge in [-0.15, -0.1) is 5.10 Å². The van der Waals surface area contributed by atoms with Gasteiger partial charge in [-0.05, 0) is 23.8 Å². The molecule has 0 saturated carbocycles. The standard InChI is InChI=1S/C10H8ClN3/c11-10-5-8(6-13-14-10)7-1-3-9(12)4-2-7/h1-6H,12H2. The fourth-order valence-electron chi connectivity index (χ4n) is 1.17. The van der Waals surface area contributed by atoms with Gasteiger partial charge in [-0.2, -0.15) is 5.10 Å². The van der Waals surface area contributed by atoms with Crippen LogP contribution < -0.4 is 5.73 Å². The van der Waals surface area contributed by atoms with E-state index in [1.54, 1.807) is 12.3 Å². The minimum Gasteiger partial charge on any atom is -0.399 e. The van der Waals surface area contributed by atoms with Crippen molar-refractivity contribution in [2.24, 2.45) is 0 Å². The first-order chi connectivity index (χ1) is 6.75. The normalized spacial score (nSPS) is 10.1. The minimum absolute atomic E-state index is 0.388. The first-order valence-electron chi connectivity index (χ1n) is 4.10. The molecule has 0 aliphatic carbocycles. The van der Waals surface area contributed by atoms with E-state index in [1.807, 2.05) is 24.3 Å². The van der Waals surface area contributed by atoms with Crippen molar-refractivity contribution in [2.45, 2.75) is 0 Å². The predicted molar refractivity (Wildman–Crippen MR) is 56.9 cm³/mol. The van der Waals surface area contributed by atoms with Crippen molar-refractivity contribution in [3.05, 3.63) is 41.7 Å². The third kappa shape index (κ3) is 1.83. The molecule has 0 radical (unpaired) electrons. The van der Waals surface area contributed by atoms with Gasteiger partial charge >= 0.3 is 0 Å². The second-order valence-corrected chi connectivity index (χ2v) is 3.28. The number of nitrogens with two attached hydrogens (primary N) is 1. The van der Waals surface area contributed by atoms with Crippen molar-refractivity contribution < 1.29 is 0 Å². The highest BCUT2D eigenvalue weighted by Crippen LogP contribution is 2.20. The number of nitrogens with zero attached hydrogens (tertiary/aromatic N) is 2. The van der Waals surface area contributed by atoms with E-state index in [9.17, 15) is 0 Å². The molecule has 4 heteroatoms. The summed E-state index contributed by atoms with van der Waals surface area (Å²) in [5.41, 5.74) is 8.28. The molecule has 0 aliphatic rings. The van der Waals surface area contributed by atoms with Crippen LogP contribution in [0.3, 0.4) is 0 Å². The molecule has 0 fully saturated rings. The number of rotatable bonds is 1.